The quantitative estimate of drug-likeness (QED) is 0.158. The molecule has 0 N–H and O–H groups in total. The highest BCUT2D eigenvalue weighted by molar-refractivity contribution is 7.26. The number of benzene rings is 4. The van der Waals surface area contributed by atoms with E-state index in [1.54, 1.807) is 0 Å². The first kappa shape index (κ1) is 34.6. The lowest BCUT2D eigenvalue weighted by Gasteiger charge is -2.32. The molecular weight excluding hydrogens is 663 g/mol. The van der Waals surface area contributed by atoms with Crippen molar-refractivity contribution in [2.24, 2.45) is 5.41 Å². The molecule has 0 bridgehead atoms. The first-order valence-electron chi connectivity index (χ1n) is 18.5. The van der Waals surface area contributed by atoms with Crippen LogP contribution in [0.25, 0.3) is 31.4 Å². The minimum atomic E-state index is -0.606. The summed E-state index contributed by atoms with van der Waals surface area (Å²) in [7, 11) is 0. The van der Waals surface area contributed by atoms with Crippen molar-refractivity contribution in [2.75, 3.05) is 0 Å². The van der Waals surface area contributed by atoms with Gasteiger partial charge in [-0.25, -0.2) is 4.98 Å². The van der Waals surface area contributed by atoms with Crippen LogP contribution in [0.4, 0.5) is 0 Å². The molecule has 4 aromatic carbocycles. The smallest absolute Gasteiger partial charge is 0.0884 e. The highest BCUT2D eigenvalue weighted by atomic mass is 32.1. The predicted molar refractivity (Wildman–Crippen MR) is 223 cm³/mol. The Bertz CT molecular complexity index is 2450. The maximum absolute atomic E-state index is 5.74. The van der Waals surface area contributed by atoms with Gasteiger partial charge in [0.15, 0.2) is 0 Å². The Morgan fingerprint density at radius 2 is 1.13 bits per heavy atom. The van der Waals surface area contributed by atoms with Crippen molar-refractivity contribution in [3.8, 4) is 11.3 Å². The van der Waals surface area contributed by atoms with Crippen LogP contribution in [-0.2, 0) is 17.3 Å². The standard InChI is InChI=1S/C49H45N3S/c1-33-27-35(30-38(28-33)48(5,36-17-9-7-10-18-36)42-21-13-15-25-50-42)45-46-40(39-24-23-34(29-41(39)53-46)32-47(2,3)4)31-44(52-45)49(6,37-19-11-8-12-20-37)43-22-14-16-26-51-43/h7-31H,32H2,1-6H3/t48?,49-/m1/s1. The molecule has 0 spiro atoms. The van der Waals surface area contributed by atoms with Crippen LogP contribution in [0.1, 0.15) is 79.5 Å². The van der Waals surface area contributed by atoms with Crippen LogP contribution >= 0.6 is 11.3 Å². The normalized spacial score (nSPS) is 14.2. The van der Waals surface area contributed by atoms with Crippen LogP contribution in [0.3, 0.4) is 0 Å². The third kappa shape index (κ3) is 6.36. The van der Waals surface area contributed by atoms with Gasteiger partial charge in [0.2, 0.25) is 0 Å². The molecule has 53 heavy (non-hydrogen) atoms. The van der Waals surface area contributed by atoms with Gasteiger partial charge in [-0.15, -0.1) is 11.3 Å². The number of nitrogens with zero attached hydrogens (tertiary/aromatic N) is 3. The number of hydrogen-bond acceptors (Lipinski definition) is 4. The van der Waals surface area contributed by atoms with Crippen LogP contribution in [0.15, 0.2) is 152 Å². The highest BCUT2D eigenvalue weighted by Crippen LogP contribution is 2.46. The van der Waals surface area contributed by atoms with Crippen LogP contribution in [-0.4, -0.2) is 15.0 Å². The maximum atomic E-state index is 5.74. The van der Waals surface area contributed by atoms with Gasteiger partial charge in [-0.2, -0.15) is 0 Å². The number of aryl methyl sites for hydroxylation is 1. The summed E-state index contributed by atoms with van der Waals surface area (Å²) >= 11 is 1.86. The zero-order valence-electron chi connectivity index (χ0n) is 31.4. The van der Waals surface area contributed by atoms with Gasteiger partial charge in [-0.05, 0) is 103 Å². The summed E-state index contributed by atoms with van der Waals surface area (Å²) in [5.74, 6) is 0. The average Bonchev–Trinajstić information content (AvgIpc) is 3.55. The Balaban J connectivity index is 1.43. The molecule has 4 aromatic heterocycles. The average molecular weight is 708 g/mol. The third-order valence-corrected chi connectivity index (χ3v) is 11.9. The first-order valence-corrected chi connectivity index (χ1v) is 19.3. The molecule has 0 aliphatic rings. The van der Waals surface area contributed by atoms with Gasteiger partial charge in [0.1, 0.15) is 0 Å². The first-order chi connectivity index (χ1) is 25.5. The Labute approximate surface area is 317 Å². The fraction of sp³-hybridized carbons (Fsp3) is 0.204. The lowest BCUT2D eigenvalue weighted by molar-refractivity contribution is 0.411. The summed E-state index contributed by atoms with van der Waals surface area (Å²) in [6.45, 7) is 13.7. The van der Waals surface area contributed by atoms with E-state index < -0.39 is 10.8 Å². The van der Waals surface area contributed by atoms with E-state index in [9.17, 15) is 0 Å². The van der Waals surface area contributed by atoms with Crippen molar-refractivity contribution < 1.29 is 0 Å². The van der Waals surface area contributed by atoms with E-state index in [0.29, 0.717) is 0 Å². The van der Waals surface area contributed by atoms with Crippen molar-refractivity contribution in [2.45, 2.75) is 58.8 Å². The summed E-state index contributed by atoms with van der Waals surface area (Å²) in [6, 6.07) is 50.2. The van der Waals surface area contributed by atoms with Gasteiger partial charge in [-0.1, -0.05) is 117 Å². The molecule has 262 valence electrons. The van der Waals surface area contributed by atoms with Gasteiger partial charge in [-0.3, -0.25) is 9.97 Å². The van der Waals surface area contributed by atoms with E-state index in [0.717, 1.165) is 40.3 Å². The van der Waals surface area contributed by atoms with Gasteiger partial charge >= 0.3 is 0 Å². The molecule has 4 heterocycles. The number of aromatic nitrogens is 3. The van der Waals surface area contributed by atoms with E-state index in [-0.39, 0.29) is 5.41 Å². The zero-order chi connectivity index (χ0) is 36.8. The van der Waals surface area contributed by atoms with Gasteiger partial charge in [0, 0.05) is 33.4 Å². The summed E-state index contributed by atoms with van der Waals surface area (Å²) < 4.78 is 2.49. The van der Waals surface area contributed by atoms with E-state index >= 15 is 0 Å². The molecule has 0 aliphatic carbocycles. The Morgan fingerprint density at radius 3 is 1.74 bits per heavy atom. The second kappa shape index (κ2) is 13.5. The van der Waals surface area contributed by atoms with Crippen LogP contribution < -0.4 is 0 Å². The molecule has 0 saturated heterocycles. The minimum absolute atomic E-state index is 0.196. The van der Waals surface area contributed by atoms with Crippen molar-refractivity contribution >= 4 is 31.5 Å². The third-order valence-electron chi connectivity index (χ3n) is 10.8. The lowest BCUT2D eigenvalue weighted by atomic mass is 9.72. The molecule has 3 nitrogen and oxygen atoms in total. The van der Waals surface area contributed by atoms with Crippen molar-refractivity contribution in [3.63, 3.8) is 0 Å². The molecule has 2 atom stereocenters. The van der Waals surface area contributed by atoms with Crippen LogP contribution in [0.5, 0.6) is 0 Å². The molecule has 8 rings (SSSR count). The van der Waals surface area contributed by atoms with Gasteiger partial charge < -0.3 is 0 Å². The molecule has 0 amide bonds. The van der Waals surface area contributed by atoms with E-state index in [4.69, 9.17) is 15.0 Å². The lowest BCUT2D eigenvalue weighted by Crippen LogP contribution is -2.28. The summed E-state index contributed by atoms with van der Waals surface area (Å²) in [6.07, 6.45) is 4.81. The predicted octanol–water partition coefficient (Wildman–Crippen LogP) is 12.5. The molecule has 0 saturated carbocycles. The van der Waals surface area contributed by atoms with Gasteiger partial charge in [0.25, 0.3) is 0 Å². The van der Waals surface area contributed by atoms with Crippen LogP contribution in [0.2, 0.25) is 0 Å². The molecule has 4 heteroatoms. The number of rotatable bonds is 8. The Kier molecular flexibility index (Phi) is 8.83. The number of hydrogen-bond donors (Lipinski definition) is 0. The molecular formula is C49H45N3S. The topological polar surface area (TPSA) is 38.7 Å². The maximum Gasteiger partial charge on any atom is 0.0884 e. The molecule has 8 aromatic rings. The Morgan fingerprint density at radius 1 is 0.528 bits per heavy atom. The molecule has 1 unspecified atom stereocenters. The van der Waals surface area contributed by atoms with Crippen LogP contribution in [0, 0.1) is 12.3 Å². The largest absolute Gasteiger partial charge is 0.260 e. The van der Waals surface area contributed by atoms with E-state index in [1.165, 1.54) is 42.4 Å². The number of fused-ring (bicyclic) bond motifs is 3. The fourth-order valence-corrected chi connectivity index (χ4v) is 9.21. The molecule has 0 aliphatic heterocycles. The van der Waals surface area contributed by atoms with Crippen molar-refractivity contribution in [1.82, 2.24) is 15.0 Å². The summed E-state index contributed by atoms with van der Waals surface area (Å²) in [4.78, 5) is 15.6. The molecule has 0 radical (unpaired) electrons. The minimum Gasteiger partial charge on any atom is -0.260 e. The molecule has 0 fully saturated rings. The Hall–Kier alpha value is -5.45. The second-order valence-electron chi connectivity index (χ2n) is 15.9. The van der Waals surface area contributed by atoms with Crippen molar-refractivity contribution in [3.05, 3.63) is 197 Å². The zero-order valence-corrected chi connectivity index (χ0v) is 32.2. The summed E-state index contributed by atoms with van der Waals surface area (Å²) in [5, 5.41) is 2.49. The highest BCUT2D eigenvalue weighted by Gasteiger charge is 2.36. The van der Waals surface area contributed by atoms with E-state index in [2.05, 4.69) is 169 Å². The van der Waals surface area contributed by atoms with Gasteiger partial charge in [0.05, 0.1) is 38.3 Å². The number of pyridine rings is 3. The van der Waals surface area contributed by atoms with E-state index in [1.807, 2.05) is 35.9 Å². The number of thiophene rings is 1. The second-order valence-corrected chi connectivity index (χ2v) is 17.0. The SMILES string of the molecule is Cc1cc(-c2nc([C@](C)(c3ccccc3)c3ccccn3)cc3c2sc2cc(CC(C)(C)C)ccc23)cc(C(C)(c2ccccc2)c2ccccn2)c1. The monoisotopic (exact) mass is 707 g/mol. The van der Waals surface area contributed by atoms with Crippen molar-refractivity contribution in [1.29, 1.82) is 0 Å². The summed E-state index contributed by atoms with van der Waals surface area (Å²) in [5.41, 5.74) is 10.2. The fourth-order valence-electron chi connectivity index (χ4n) is 7.95.